The van der Waals surface area contributed by atoms with E-state index in [4.69, 9.17) is 5.73 Å². The molecule has 0 spiro atoms. The molecule has 0 radical (unpaired) electrons. The highest BCUT2D eigenvalue weighted by atomic mass is 16.1. The first-order valence-electron chi connectivity index (χ1n) is 11.8. The molecule has 2 aliphatic rings. The summed E-state index contributed by atoms with van der Waals surface area (Å²) in [6, 6.07) is 8.43. The Labute approximate surface area is 174 Å². The Hall–Kier alpha value is -1.59. The molecule has 1 aliphatic carbocycles. The third-order valence-corrected chi connectivity index (χ3v) is 7.34. The van der Waals surface area contributed by atoms with Crippen LogP contribution in [0.4, 0.5) is 0 Å². The summed E-state index contributed by atoms with van der Waals surface area (Å²) in [7, 11) is 0. The minimum atomic E-state index is 0.130. The summed E-state index contributed by atoms with van der Waals surface area (Å²) in [5.74, 6) is 1.18. The Morgan fingerprint density at radius 1 is 1.00 bits per heavy atom. The number of piperidine rings is 1. The summed E-state index contributed by atoms with van der Waals surface area (Å²) in [5.41, 5.74) is 8.50. The average Bonchev–Trinajstić information content (AvgIpc) is 3.00. The van der Waals surface area contributed by atoms with Crippen LogP contribution >= 0.6 is 0 Å². The largest absolute Gasteiger partial charge is 0.330 e. The van der Waals surface area contributed by atoms with Crippen molar-refractivity contribution >= 4 is 11.0 Å². The van der Waals surface area contributed by atoms with Gasteiger partial charge in [0.1, 0.15) is 0 Å². The van der Waals surface area contributed by atoms with Crippen molar-refractivity contribution in [2.75, 3.05) is 26.2 Å². The summed E-state index contributed by atoms with van der Waals surface area (Å²) < 4.78 is 3.97. The first-order chi connectivity index (χ1) is 14.2. The molecule has 0 bridgehead atoms. The predicted molar refractivity (Wildman–Crippen MR) is 120 cm³/mol. The first-order valence-corrected chi connectivity index (χ1v) is 11.8. The van der Waals surface area contributed by atoms with Crippen LogP contribution in [0.25, 0.3) is 11.0 Å². The molecule has 2 aromatic rings. The Balaban J connectivity index is 1.52. The van der Waals surface area contributed by atoms with Crippen LogP contribution in [0.2, 0.25) is 0 Å². The van der Waals surface area contributed by atoms with Crippen molar-refractivity contribution in [3.05, 3.63) is 34.7 Å². The van der Waals surface area contributed by atoms with E-state index in [1.807, 2.05) is 16.7 Å². The molecule has 1 saturated carbocycles. The summed E-state index contributed by atoms with van der Waals surface area (Å²) in [4.78, 5) is 15.9. The predicted octanol–water partition coefficient (Wildman–Crippen LogP) is 4.01. The second-order valence-corrected chi connectivity index (χ2v) is 9.21. The number of imidazole rings is 1. The number of benzene rings is 1. The second kappa shape index (κ2) is 9.48. The smallest absolute Gasteiger partial charge is 0.329 e. The quantitative estimate of drug-likeness (QED) is 0.828. The van der Waals surface area contributed by atoms with Gasteiger partial charge in [0, 0.05) is 38.1 Å². The van der Waals surface area contributed by atoms with Crippen molar-refractivity contribution in [3.8, 4) is 0 Å². The van der Waals surface area contributed by atoms with Crippen LogP contribution < -0.4 is 11.4 Å². The normalized spacial score (nSPS) is 25.2. The maximum Gasteiger partial charge on any atom is 0.329 e. The Kier molecular flexibility index (Phi) is 6.76. The number of aryl methyl sites for hydroxylation is 1. The lowest BCUT2D eigenvalue weighted by atomic mass is 9.88. The third kappa shape index (κ3) is 4.31. The molecule has 4 rings (SSSR count). The lowest BCUT2D eigenvalue weighted by Crippen LogP contribution is -2.47. The number of aromatic nitrogens is 2. The number of hydrogen-bond donors (Lipinski definition) is 1. The standard InChI is InChI=1S/C24H38N4O/c1-2-27-22-12-8-9-13-23(22)28(24(27)29)21-14-15-26(18-20(21)16-25)17-19-10-6-4-3-5-7-11-19/h8-9,12-13,19-21H,2-7,10-11,14-18,25H2,1H3. The van der Waals surface area contributed by atoms with E-state index < -0.39 is 0 Å². The molecule has 29 heavy (non-hydrogen) atoms. The van der Waals surface area contributed by atoms with Gasteiger partial charge in [-0.25, -0.2) is 4.79 Å². The van der Waals surface area contributed by atoms with Crippen molar-refractivity contribution in [1.82, 2.24) is 14.0 Å². The number of rotatable bonds is 5. The molecular weight excluding hydrogens is 360 g/mol. The number of likely N-dealkylation sites (tertiary alicyclic amines) is 1. The number of hydrogen-bond acceptors (Lipinski definition) is 3. The van der Waals surface area contributed by atoms with Gasteiger partial charge in [-0.1, -0.05) is 44.2 Å². The molecule has 2 N–H and O–H groups in total. The number of para-hydroxylation sites is 2. The van der Waals surface area contributed by atoms with Gasteiger partial charge in [0.15, 0.2) is 0 Å². The van der Waals surface area contributed by atoms with Gasteiger partial charge < -0.3 is 10.6 Å². The van der Waals surface area contributed by atoms with Gasteiger partial charge in [-0.2, -0.15) is 0 Å². The van der Waals surface area contributed by atoms with E-state index in [0.29, 0.717) is 19.0 Å². The number of nitrogens with two attached hydrogens (primary N) is 1. The number of nitrogens with zero attached hydrogens (tertiary/aromatic N) is 3. The van der Waals surface area contributed by atoms with Crippen LogP contribution in [-0.2, 0) is 6.54 Å². The van der Waals surface area contributed by atoms with E-state index in [1.54, 1.807) is 0 Å². The van der Waals surface area contributed by atoms with Gasteiger partial charge in [0.05, 0.1) is 11.0 Å². The van der Waals surface area contributed by atoms with Crippen LogP contribution in [0.1, 0.15) is 64.3 Å². The van der Waals surface area contributed by atoms with E-state index in [1.165, 1.54) is 51.5 Å². The van der Waals surface area contributed by atoms with Gasteiger partial charge in [0.25, 0.3) is 0 Å². The average molecular weight is 399 g/mol. The molecule has 2 heterocycles. The van der Waals surface area contributed by atoms with Gasteiger partial charge in [0.2, 0.25) is 0 Å². The highest BCUT2D eigenvalue weighted by Crippen LogP contribution is 2.31. The molecule has 1 saturated heterocycles. The molecule has 1 aromatic carbocycles. The highest BCUT2D eigenvalue weighted by Gasteiger charge is 2.33. The fraction of sp³-hybridized carbons (Fsp3) is 0.708. The minimum absolute atomic E-state index is 0.130. The Morgan fingerprint density at radius 3 is 2.38 bits per heavy atom. The first kappa shape index (κ1) is 20.7. The van der Waals surface area contributed by atoms with Crippen LogP contribution in [0.3, 0.4) is 0 Å². The van der Waals surface area contributed by atoms with E-state index >= 15 is 0 Å². The van der Waals surface area contributed by atoms with Crippen LogP contribution in [0, 0.1) is 11.8 Å². The van der Waals surface area contributed by atoms with Crippen LogP contribution in [0.15, 0.2) is 29.1 Å². The maximum atomic E-state index is 13.2. The van der Waals surface area contributed by atoms with Gasteiger partial charge in [-0.3, -0.25) is 9.13 Å². The molecule has 0 amide bonds. The molecule has 2 atom stereocenters. The topological polar surface area (TPSA) is 56.2 Å². The van der Waals surface area contributed by atoms with Crippen LogP contribution in [-0.4, -0.2) is 40.2 Å². The molecule has 2 fully saturated rings. The maximum absolute atomic E-state index is 13.2. The molecular formula is C24H38N4O. The summed E-state index contributed by atoms with van der Waals surface area (Å²) in [6.07, 6.45) is 10.8. The van der Waals surface area contributed by atoms with Gasteiger partial charge >= 0.3 is 5.69 Å². The van der Waals surface area contributed by atoms with E-state index in [-0.39, 0.29) is 11.7 Å². The molecule has 160 valence electrons. The van der Waals surface area contributed by atoms with Crippen molar-refractivity contribution in [2.45, 2.75) is 70.9 Å². The molecule has 5 heteroatoms. The van der Waals surface area contributed by atoms with Crippen molar-refractivity contribution in [3.63, 3.8) is 0 Å². The van der Waals surface area contributed by atoms with Gasteiger partial charge in [-0.05, 0) is 50.8 Å². The molecule has 1 aliphatic heterocycles. The zero-order valence-electron chi connectivity index (χ0n) is 18.1. The lowest BCUT2D eigenvalue weighted by Gasteiger charge is -2.40. The molecule has 2 unspecified atom stereocenters. The fourth-order valence-electron chi connectivity index (χ4n) is 5.78. The zero-order chi connectivity index (χ0) is 20.2. The van der Waals surface area contributed by atoms with E-state index in [2.05, 4.69) is 28.5 Å². The zero-order valence-corrected chi connectivity index (χ0v) is 18.1. The van der Waals surface area contributed by atoms with Crippen molar-refractivity contribution in [1.29, 1.82) is 0 Å². The Bertz CT molecular complexity index is 846. The summed E-state index contributed by atoms with van der Waals surface area (Å²) in [5, 5.41) is 0. The van der Waals surface area contributed by atoms with E-state index in [9.17, 15) is 4.79 Å². The Morgan fingerprint density at radius 2 is 1.69 bits per heavy atom. The van der Waals surface area contributed by atoms with Crippen LogP contribution in [0.5, 0.6) is 0 Å². The van der Waals surface area contributed by atoms with Crippen molar-refractivity contribution in [2.24, 2.45) is 17.6 Å². The fourth-order valence-corrected chi connectivity index (χ4v) is 5.78. The van der Waals surface area contributed by atoms with Gasteiger partial charge in [-0.15, -0.1) is 0 Å². The van der Waals surface area contributed by atoms with E-state index in [0.717, 1.165) is 36.5 Å². The lowest BCUT2D eigenvalue weighted by molar-refractivity contribution is 0.105. The highest BCUT2D eigenvalue weighted by molar-refractivity contribution is 5.76. The summed E-state index contributed by atoms with van der Waals surface area (Å²) >= 11 is 0. The SMILES string of the molecule is CCn1c(=O)n(C2CCN(CC3CCCCCCC3)CC2CN)c2ccccc21. The monoisotopic (exact) mass is 398 g/mol. The number of fused-ring (bicyclic) bond motifs is 1. The molecule has 5 nitrogen and oxygen atoms in total. The summed E-state index contributed by atoms with van der Waals surface area (Å²) in [6.45, 7) is 6.72. The molecule has 1 aromatic heterocycles. The van der Waals surface area contributed by atoms with Crippen molar-refractivity contribution < 1.29 is 0 Å². The minimum Gasteiger partial charge on any atom is -0.330 e. The second-order valence-electron chi connectivity index (χ2n) is 9.21. The third-order valence-electron chi connectivity index (χ3n) is 7.34.